The van der Waals surface area contributed by atoms with E-state index >= 15 is 0 Å². The van der Waals surface area contributed by atoms with Crippen LogP contribution in [0.25, 0.3) is 21.9 Å². The maximum atomic E-state index is 6.54. The zero-order chi connectivity index (χ0) is 55.0. The molecule has 0 spiro atoms. The highest BCUT2D eigenvalue weighted by Gasteiger charge is 2.48. The van der Waals surface area contributed by atoms with Crippen LogP contribution in [0.15, 0.2) is 150 Å². The summed E-state index contributed by atoms with van der Waals surface area (Å²) in [7, 11) is 0. The van der Waals surface area contributed by atoms with Gasteiger partial charge in [-0.2, -0.15) is 0 Å². The number of hydrogen-bond acceptors (Lipinski definition) is 4. The summed E-state index contributed by atoms with van der Waals surface area (Å²) in [5.74, 6) is 0. The number of nitrogens with zero attached hydrogens (tertiary/aromatic N) is 3. The summed E-state index contributed by atoms with van der Waals surface area (Å²) in [6.45, 7) is 38.2. The minimum atomic E-state index is -0.0394. The van der Waals surface area contributed by atoms with Gasteiger partial charge in [0.2, 0.25) is 0 Å². The van der Waals surface area contributed by atoms with Crippen molar-refractivity contribution in [2.75, 3.05) is 14.7 Å². The van der Waals surface area contributed by atoms with Gasteiger partial charge in [0.15, 0.2) is 0 Å². The molecule has 9 aromatic rings. The summed E-state index contributed by atoms with van der Waals surface area (Å²) < 4.78 is 6.54. The van der Waals surface area contributed by atoms with Crippen LogP contribution in [0.2, 0.25) is 0 Å². The van der Waals surface area contributed by atoms with E-state index in [0.717, 1.165) is 64.0 Å². The Kier molecular flexibility index (Phi) is 10.9. The van der Waals surface area contributed by atoms with Crippen LogP contribution in [-0.4, -0.2) is 6.71 Å². The largest absolute Gasteiger partial charge is 0.456 e. The Balaban J connectivity index is 1.12. The summed E-state index contributed by atoms with van der Waals surface area (Å²) in [4.78, 5) is 7.78. The van der Waals surface area contributed by atoms with Gasteiger partial charge < -0.3 is 19.1 Å². The van der Waals surface area contributed by atoms with Crippen LogP contribution in [-0.2, 0) is 32.5 Å². The highest BCUT2D eigenvalue weighted by Crippen LogP contribution is 2.55. The number of hydrogen-bond donors (Lipinski definition) is 0. The minimum Gasteiger partial charge on any atom is -0.456 e. The standard InChI is InChI=1S/C73H78BN3O/c1-44-35-63-67-64(36-44)77(60-41-57-54(37-45(60)2)72(13,14)43-73(57,15)16)62-42-56-55(70(9,10)33-34-71(56,11)12)40-59(62)74(67)58-31-29-51(39-61(58)76(63)50-30-32-66-53(38-50)52-19-17-18-20-65(52)78-66)75(48-25-21-46(22-26-48)68(3,4)5)49-27-23-47(24-28-49)69(6,7)8/h17-32,35-42H,33-34,43H2,1-16H3. The Morgan fingerprint density at radius 1 is 0.449 bits per heavy atom. The first-order valence-corrected chi connectivity index (χ1v) is 28.9. The van der Waals surface area contributed by atoms with Crippen molar-refractivity contribution in [3.63, 3.8) is 0 Å². The van der Waals surface area contributed by atoms with Crippen LogP contribution in [0.3, 0.4) is 0 Å². The van der Waals surface area contributed by atoms with Crippen molar-refractivity contribution in [2.24, 2.45) is 0 Å². The van der Waals surface area contributed by atoms with Crippen LogP contribution in [0.4, 0.5) is 51.2 Å². The van der Waals surface area contributed by atoms with Crippen molar-refractivity contribution in [3.8, 4) is 0 Å². The molecular weight excluding hydrogens is 946 g/mol. The number of para-hydroxylation sites is 1. The smallest absolute Gasteiger partial charge is 0.252 e. The highest BCUT2D eigenvalue weighted by molar-refractivity contribution is 7.00. The lowest BCUT2D eigenvalue weighted by Gasteiger charge is -2.48. The summed E-state index contributed by atoms with van der Waals surface area (Å²) >= 11 is 0. The fourth-order valence-corrected chi connectivity index (χ4v) is 14.7. The number of benzene rings is 8. The molecule has 4 nitrogen and oxygen atoms in total. The normalized spacial score (nSPS) is 17.4. The van der Waals surface area contributed by atoms with E-state index in [2.05, 4.69) is 271 Å². The third-order valence-corrected chi connectivity index (χ3v) is 18.9. The number of rotatable bonds is 5. The van der Waals surface area contributed by atoms with Crippen LogP contribution in [0.5, 0.6) is 0 Å². The van der Waals surface area contributed by atoms with E-state index in [-0.39, 0.29) is 39.2 Å². The van der Waals surface area contributed by atoms with Crippen LogP contribution in [0.1, 0.15) is 161 Å². The molecule has 13 rings (SSSR count). The molecule has 3 heterocycles. The molecule has 0 saturated carbocycles. The van der Waals surface area contributed by atoms with Crippen molar-refractivity contribution in [1.29, 1.82) is 0 Å². The topological polar surface area (TPSA) is 22.9 Å². The average molecular weight is 1020 g/mol. The molecule has 2 aliphatic heterocycles. The van der Waals surface area contributed by atoms with Crippen molar-refractivity contribution in [1.82, 2.24) is 0 Å². The summed E-state index contributed by atoms with van der Waals surface area (Å²) in [6, 6.07) is 56.7. The zero-order valence-electron chi connectivity index (χ0n) is 49.3. The molecule has 394 valence electrons. The van der Waals surface area contributed by atoms with E-state index in [1.807, 2.05) is 0 Å². The molecule has 0 amide bonds. The summed E-state index contributed by atoms with van der Waals surface area (Å²) in [5, 5.41) is 2.24. The number of furan rings is 1. The first kappa shape index (κ1) is 50.5. The minimum absolute atomic E-state index is 0.0158. The molecule has 0 fully saturated rings. The van der Waals surface area contributed by atoms with Gasteiger partial charge in [-0.05, 0) is 211 Å². The molecule has 5 heteroatoms. The fourth-order valence-electron chi connectivity index (χ4n) is 14.7. The molecule has 78 heavy (non-hydrogen) atoms. The molecule has 0 N–H and O–H groups in total. The molecule has 2 aliphatic carbocycles. The highest BCUT2D eigenvalue weighted by atomic mass is 16.3. The van der Waals surface area contributed by atoms with Gasteiger partial charge >= 0.3 is 0 Å². The van der Waals surface area contributed by atoms with Gasteiger partial charge in [-0.25, -0.2) is 0 Å². The predicted molar refractivity (Wildman–Crippen MR) is 335 cm³/mol. The lowest BCUT2D eigenvalue weighted by molar-refractivity contribution is 0.332. The lowest BCUT2D eigenvalue weighted by atomic mass is 9.33. The molecule has 0 radical (unpaired) electrons. The third-order valence-electron chi connectivity index (χ3n) is 18.9. The molecule has 0 unspecified atom stereocenters. The van der Waals surface area contributed by atoms with E-state index in [4.69, 9.17) is 4.42 Å². The molecule has 1 aromatic heterocycles. The van der Waals surface area contributed by atoms with Crippen molar-refractivity contribution >= 4 is 96.2 Å². The number of fused-ring (bicyclic) bond motifs is 9. The van der Waals surface area contributed by atoms with Crippen molar-refractivity contribution in [3.05, 3.63) is 190 Å². The van der Waals surface area contributed by atoms with Gasteiger partial charge in [0, 0.05) is 62.0 Å². The second kappa shape index (κ2) is 16.8. The Morgan fingerprint density at radius 2 is 0.962 bits per heavy atom. The summed E-state index contributed by atoms with van der Waals surface area (Å²) in [5.41, 5.74) is 27.9. The molecule has 0 saturated heterocycles. The first-order chi connectivity index (χ1) is 36.7. The zero-order valence-corrected chi connectivity index (χ0v) is 49.3. The number of aryl methyl sites for hydroxylation is 2. The average Bonchev–Trinajstić information content (AvgIpc) is 2.99. The predicted octanol–water partition coefficient (Wildman–Crippen LogP) is 18.7. The van der Waals surface area contributed by atoms with E-state index in [9.17, 15) is 0 Å². The second-order valence-corrected chi connectivity index (χ2v) is 28.6. The Labute approximate surface area is 465 Å². The van der Waals surface area contributed by atoms with Crippen LogP contribution < -0.4 is 31.1 Å². The number of anilines is 9. The SMILES string of the molecule is Cc1cc2c3c(c1)N(c1cc4c(cc1C)C(C)(C)CC4(C)C)c1cc4c(cc1B3c1ccc(N(c3ccc(C(C)(C)C)cc3)c3ccc(C(C)(C)C)cc3)cc1N2c1ccc2oc3ccccc3c2c1)C(C)(C)CCC4(C)C. The van der Waals surface area contributed by atoms with Crippen molar-refractivity contribution in [2.45, 2.75) is 163 Å². The Hall–Kier alpha value is -6.98. The van der Waals surface area contributed by atoms with Gasteiger partial charge in [0.25, 0.3) is 6.71 Å². The first-order valence-electron chi connectivity index (χ1n) is 28.9. The lowest BCUT2D eigenvalue weighted by Crippen LogP contribution is -2.62. The van der Waals surface area contributed by atoms with E-state index in [0.29, 0.717) is 0 Å². The van der Waals surface area contributed by atoms with Gasteiger partial charge in [0.1, 0.15) is 11.2 Å². The van der Waals surface area contributed by atoms with Crippen molar-refractivity contribution < 1.29 is 4.42 Å². The molecule has 8 aromatic carbocycles. The van der Waals surface area contributed by atoms with Gasteiger partial charge in [-0.1, -0.05) is 158 Å². The molecule has 0 bridgehead atoms. The maximum Gasteiger partial charge on any atom is 0.252 e. The van der Waals surface area contributed by atoms with E-state index in [1.165, 1.54) is 89.3 Å². The second-order valence-electron chi connectivity index (χ2n) is 28.6. The Morgan fingerprint density at radius 3 is 1.58 bits per heavy atom. The summed E-state index contributed by atoms with van der Waals surface area (Å²) in [6.07, 6.45) is 3.43. The molecular formula is C73H78BN3O. The van der Waals surface area contributed by atoms with Gasteiger partial charge in [-0.15, -0.1) is 0 Å². The molecule has 4 aliphatic rings. The van der Waals surface area contributed by atoms with Crippen LogP contribution in [0, 0.1) is 13.8 Å². The molecule has 0 atom stereocenters. The van der Waals surface area contributed by atoms with E-state index < -0.39 is 0 Å². The monoisotopic (exact) mass is 1020 g/mol. The van der Waals surface area contributed by atoms with Gasteiger partial charge in [-0.3, -0.25) is 0 Å². The fraction of sp³-hybridized carbons (Fsp3) is 0.342. The van der Waals surface area contributed by atoms with E-state index in [1.54, 1.807) is 0 Å². The quantitative estimate of drug-likeness (QED) is 0.160. The van der Waals surface area contributed by atoms with Crippen LogP contribution >= 0.6 is 0 Å². The third kappa shape index (κ3) is 7.75. The maximum absolute atomic E-state index is 6.54. The van der Waals surface area contributed by atoms with Gasteiger partial charge in [0.05, 0.1) is 0 Å². The Bertz CT molecular complexity index is 3890.